The number of nitrogens with zero attached hydrogens (tertiary/aromatic N) is 1. The van der Waals surface area contributed by atoms with Crippen molar-refractivity contribution in [3.63, 3.8) is 0 Å². The molecule has 5 heteroatoms. The van der Waals surface area contributed by atoms with Crippen LogP contribution in [0.5, 0.6) is 0 Å². The van der Waals surface area contributed by atoms with Gasteiger partial charge in [0.15, 0.2) is 5.76 Å². The number of para-hydroxylation sites is 1. The van der Waals surface area contributed by atoms with Crippen LogP contribution < -0.4 is 0 Å². The van der Waals surface area contributed by atoms with Gasteiger partial charge in [0.2, 0.25) is 0 Å². The van der Waals surface area contributed by atoms with Gasteiger partial charge in [0.05, 0.1) is 5.92 Å². The smallest absolute Gasteiger partial charge is 0.308 e. The number of hydrogen-bond donors (Lipinski definition) is 1. The molecule has 1 aliphatic rings. The van der Waals surface area contributed by atoms with Crippen LogP contribution in [0.15, 0.2) is 34.7 Å². The van der Waals surface area contributed by atoms with Crippen molar-refractivity contribution in [2.24, 2.45) is 5.92 Å². The Bertz CT molecular complexity index is 628. The number of rotatable bonds is 2. The van der Waals surface area contributed by atoms with Gasteiger partial charge in [0.1, 0.15) is 5.58 Å². The first-order valence-corrected chi connectivity index (χ1v) is 6.66. The number of benzene rings is 1. The van der Waals surface area contributed by atoms with Crippen molar-refractivity contribution in [1.82, 2.24) is 4.90 Å². The molecule has 0 saturated carbocycles. The van der Waals surface area contributed by atoms with Gasteiger partial charge in [-0.25, -0.2) is 0 Å². The summed E-state index contributed by atoms with van der Waals surface area (Å²) in [4.78, 5) is 25.0. The molecule has 3 rings (SSSR count). The van der Waals surface area contributed by atoms with Crippen LogP contribution in [0.1, 0.15) is 23.4 Å². The third kappa shape index (κ3) is 2.27. The fraction of sp³-hybridized carbons (Fsp3) is 0.333. The normalized spacial score (nSPS) is 19.2. The summed E-state index contributed by atoms with van der Waals surface area (Å²) in [6, 6.07) is 9.13. The lowest BCUT2D eigenvalue weighted by molar-refractivity contribution is -0.143. The number of carboxylic acids is 1. The molecule has 1 aromatic carbocycles. The monoisotopic (exact) mass is 273 g/mol. The van der Waals surface area contributed by atoms with E-state index >= 15 is 0 Å². The second kappa shape index (κ2) is 5.00. The molecule has 0 radical (unpaired) electrons. The molecule has 2 aromatic rings. The summed E-state index contributed by atoms with van der Waals surface area (Å²) in [6.07, 6.45) is 1.34. The molecular weight excluding hydrogens is 258 g/mol. The van der Waals surface area contributed by atoms with E-state index in [4.69, 9.17) is 9.52 Å². The molecular formula is C15H15NO4. The third-order valence-electron chi connectivity index (χ3n) is 3.69. The molecule has 1 saturated heterocycles. The molecule has 1 aliphatic heterocycles. The van der Waals surface area contributed by atoms with E-state index in [0.717, 1.165) is 5.39 Å². The van der Waals surface area contributed by atoms with Gasteiger partial charge in [-0.05, 0) is 25.0 Å². The Balaban J connectivity index is 1.82. The maximum absolute atomic E-state index is 12.4. The zero-order valence-electron chi connectivity index (χ0n) is 10.9. The second-order valence-electron chi connectivity index (χ2n) is 5.08. The Hall–Kier alpha value is -2.30. The van der Waals surface area contributed by atoms with E-state index in [2.05, 4.69) is 0 Å². The van der Waals surface area contributed by atoms with Gasteiger partial charge < -0.3 is 14.4 Å². The van der Waals surface area contributed by atoms with Crippen molar-refractivity contribution < 1.29 is 19.1 Å². The molecule has 1 N–H and O–H groups in total. The Labute approximate surface area is 115 Å². The molecule has 2 heterocycles. The molecule has 0 bridgehead atoms. The van der Waals surface area contributed by atoms with E-state index in [-0.39, 0.29) is 18.2 Å². The third-order valence-corrected chi connectivity index (χ3v) is 3.69. The van der Waals surface area contributed by atoms with Crippen LogP contribution in [0, 0.1) is 5.92 Å². The summed E-state index contributed by atoms with van der Waals surface area (Å²) in [5.74, 6) is -1.27. The first-order valence-electron chi connectivity index (χ1n) is 6.66. The first-order chi connectivity index (χ1) is 9.65. The van der Waals surface area contributed by atoms with Gasteiger partial charge in [-0.15, -0.1) is 0 Å². The Morgan fingerprint density at radius 1 is 1.30 bits per heavy atom. The minimum absolute atomic E-state index is 0.229. The minimum Gasteiger partial charge on any atom is -0.481 e. The highest BCUT2D eigenvalue weighted by Crippen LogP contribution is 2.23. The highest BCUT2D eigenvalue weighted by Gasteiger charge is 2.29. The van der Waals surface area contributed by atoms with Crippen LogP contribution in [0.3, 0.4) is 0 Å². The predicted octanol–water partition coefficient (Wildman–Crippen LogP) is 2.37. The highest BCUT2D eigenvalue weighted by atomic mass is 16.4. The number of aliphatic carboxylic acids is 1. The number of carbonyl (C=O) groups excluding carboxylic acids is 1. The quantitative estimate of drug-likeness (QED) is 0.911. The molecule has 1 fully saturated rings. The molecule has 0 aliphatic carbocycles. The summed E-state index contributed by atoms with van der Waals surface area (Å²) in [5.41, 5.74) is 0.669. The number of furan rings is 1. The van der Waals surface area contributed by atoms with Crippen LogP contribution in [0.2, 0.25) is 0 Å². The highest BCUT2D eigenvalue weighted by molar-refractivity contribution is 5.96. The maximum atomic E-state index is 12.4. The van der Waals surface area contributed by atoms with E-state index in [9.17, 15) is 9.59 Å². The molecule has 20 heavy (non-hydrogen) atoms. The fourth-order valence-electron chi connectivity index (χ4n) is 2.61. The van der Waals surface area contributed by atoms with Gasteiger partial charge >= 0.3 is 5.97 Å². The summed E-state index contributed by atoms with van der Waals surface area (Å²) < 4.78 is 5.54. The molecule has 5 nitrogen and oxygen atoms in total. The lowest BCUT2D eigenvalue weighted by atomic mass is 9.98. The number of amides is 1. The van der Waals surface area contributed by atoms with Gasteiger partial charge in [-0.2, -0.15) is 0 Å². The maximum Gasteiger partial charge on any atom is 0.308 e. The van der Waals surface area contributed by atoms with Crippen molar-refractivity contribution in [2.75, 3.05) is 13.1 Å². The SMILES string of the molecule is O=C(O)C1CCCN(C(=O)c2cc3ccccc3o2)C1. The standard InChI is InChI=1S/C15H15NO4/c17-14(16-7-3-5-11(9-16)15(18)19)13-8-10-4-1-2-6-12(10)20-13/h1-2,4,6,8,11H,3,5,7,9H2,(H,18,19). The molecule has 1 atom stereocenters. The molecule has 0 spiro atoms. The van der Waals surface area contributed by atoms with Gasteiger partial charge in [0, 0.05) is 18.5 Å². The summed E-state index contributed by atoms with van der Waals surface area (Å²) in [5, 5.41) is 9.94. The van der Waals surface area contributed by atoms with Crippen molar-refractivity contribution in [3.8, 4) is 0 Å². The minimum atomic E-state index is -0.841. The number of fused-ring (bicyclic) bond motifs is 1. The van der Waals surface area contributed by atoms with E-state index in [1.165, 1.54) is 0 Å². The zero-order chi connectivity index (χ0) is 14.1. The summed E-state index contributed by atoms with van der Waals surface area (Å²) in [7, 11) is 0. The van der Waals surface area contributed by atoms with Gasteiger partial charge in [0.25, 0.3) is 5.91 Å². The number of carboxylic acid groups (broad SMARTS) is 1. The lowest BCUT2D eigenvalue weighted by Crippen LogP contribution is -2.42. The van der Waals surface area contributed by atoms with Crippen LogP contribution >= 0.6 is 0 Å². The summed E-state index contributed by atoms with van der Waals surface area (Å²) >= 11 is 0. The van der Waals surface area contributed by atoms with Crippen molar-refractivity contribution in [2.45, 2.75) is 12.8 Å². The molecule has 1 amide bonds. The van der Waals surface area contributed by atoms with Crippen molar-refractivity contribution >= 4 is 22.8 Å². The van der Waals surface area contributed by atoms with Crippen molar-refractivity contribution in [3.05, 3.63) is 36.1 Å². The van der Waals surface area contributed by atoms with E-state index in [0.29, 0.717) is 25.0 Å². The molecule has 104 valence electrons. The van der Waals surface area contributed by atoms with Gasteiger partial charge in [-0.3, -0.25) is 9.59 Å². The van der Waals surface area contributed by atoms with Crippen LogP contribution in [0.25, 0.3) is 11.0 Å². The largest absolute Gasteiger partial charge is 0.481 e. The van der Waals surface area contributed by atoms with E-state index < -0.39 is 11.9 Å². The van der Waals surface area contributed by atoms with E-state index in [1.54, 1.807) is 11.0 Å². The number of hydrogen-bond acceptors (Lipinski definition) is 3. The van der Waals surface area contributed by atoms with E-state index in [1.807, 2.05) is 24.3 Å². The van der Waals surface area contributed by atoms with Crippen LogP contribution in [0.4, 0.5) is 0 Å². The summed E-state index contributed by atoms with van der Waals surface area (Å²) in [6.45, 7) is 0.838. The lowest BCUT2D eigenvalue weighted by Gasteiger charge is -2.29. The Kier molecular flexibility index (Phi) is 3.18. The average Bonchev–Trinajstić information content (AvgIpc) is 2.90. The average molecular weight is 273 g/mol. The Morgan fingerprint density at radius 2 is 2.10 bits per heavy atom. The number of likely N-dealkylation sites (tertiary alicyclic amines) is 1. The first kappa shape index (κ1) is 12.7. The van der Waals surface area contributed by atoms with Crippen LogP contribution in [-0.2, 0) is 4.79 Å². The Morgan fingerprint density at radius 3 is 2.85 bits per heavy atom. The molecule has 1 aromatic heterocycles. The van der Waals surface area contributed by atoms with Crippen LogP contribution in [-0.4, -0.2) is 35.0 Å². The predicted molar refractivity (Wildman–Crippen MR) is 72.5 cm³/mol. The van der Waals surface area contributed by atoms with Gasteiger partial charge in [-0.1, -0.05) is 18.2 Å². The molecule has 1 unspecified atom stereocenters. The second-order valence-corrected chi connectivity index (χ2v) is 5.08. The topological polar surface area (TPSA) is 70.8 Å². The fourth-order valence-corrected chi connectivity index (χ4v) is 2.61. The zero-order valence-corrected chi connectivity index (χ0v) is 10.9. The number of carbonyl (C=O) groups is 2. The van der Waals surface area contributed by atoms with Crippen molar-refractivity contribution in [1.29, 1.82) is 0 Å². The number of piperidine rings is 1.